The molecule has 3 aromatic heterocycles. The van der Waals surface area contributed by atoms with Crippen LogP contribution in [0.4, 0.5) is 0 Å². The Labute approximate surface area is 288 Å². The molecular formula is C46H29N3O. The molecule has 0 saturated heterocycles. The molecule has 3 heterocycles. The van der Waals surface area contributed by atoms with Gasteiger partial charge < -0.3 is 8.98 Å². The highest BCUT2D eigenvalue weighted by atomic mass is 16.3. The van der Waals surface area contributed by atoms with Crippen molar-refractivity contribution in [3.8, 4) is 50.3 Å². The molecule has 0 radical (unpaired) electrons. The summed E-state index contributed by atoms with van der Waals surface area (Å²) in [4.78, 5) is 9.45. The van der Waals surface area contributed by atoms with Crippen molar-refractivity contribution in [1.29, 1.82) is 0 Å². The normalized spacial score (nSPS) is 11.6. The summed E-state index contributed by atoms with van der Waals surface area (Å²) >= 11 is 0. The second-order valence-corrected chi connectivity index (χ2v) is 12.6. The Hall–Kier alpha value is -6.78. The molecule has 0 aliphatic rings. The van der Waals surface area contributed by atoms with E-state index in [1.54, 1.807) is 6.33 Å². The molecule has 0 amide bonds. The molecule has 4 nitrogen and oxygen atoms in total. The van der Waals surface area contributed by atoms with Gasteiger partial charge in [0.1, 0.15) is 23.1 Å². The van der Waals surface area contributed by atoms with Crippen LogP contribution in [0.5, 0.6) is 0 Å². The first-order valence-corrected chi connectivity index (χ1v) is 16.8. The number of nitrogens with zero attached hydrogens (tertiary/aromatic N) is 3. The zero-order chi connectivity index (χ0) is 33.0. The second kappa shape index (κ2) is 11.4. The van der Waals surface area contributed by atoms with E-state index < -0.39 is 0 Å². The van der Waals surface area contributed by atoms with Crippen LogP contribution >= 0.6 is 0 Å². The van der Waals surface area contributed by atoms with Crippen LogP contribution in [0.3, 0.4) is 0 Å². The zero-order valence-electron chi connectivity index (χ0n) is 27.0. The lowest BCUT2D eigenvalue weighted by Gasteiger charge is -2.09. The number of aromatic nitrogens is 3. The monoisotopic (exact) mass is 639 g/mol. The molecule has 0 N–H and O–H groups in total. The molecule has 234 valence electrons. The summed E-state index contributed by atoms with van der Waals surface area (Å²) in [5.41, 5.74) is 14.4. The highest BCUT2D eigenvalue weighted by Gasteiger charge is 2.19. The molecule has 0 unspecified atom stereocenters. The van der Waals surface area contributed by atoms with Crippen molar-refractivity contribution >= 4 is 43.9 Å². The van der Waals surface area contributed by atoms with E-state index in [9.17, 15) is 0 Å². The lowest BCUT2D eigenvalue weighted by Crippen LogP contribution is -1.93. The van der Waals surface area contributed by atoms with E-state index in [4.69, 9.17) is 9.40 Å². The summed E-state index contributed by atoms with van der Waals surface area (Å²) in [5.74, 6) is 0. The van der Waals surface area contributed by atoms with Crippen LogP contribution in [-0.4, -0.2) is 14.5 Å². The Kier molecular flexibility index (Phi) is 6.46. The third kappa shape index (κ3) is 4.54. The van der Waals surface area contributed by atoms with Gasteiger partial charge in [-0.15, -0.1) is 0 Å². The zero-order valence-corrected chi connectivity index (χ0v) is 27.0. The molecule has 0 bridgehead atoms. The average molecular weight is 640 g/mol. The summed E-state index contributed by atoms with van der Waals surface area (Å²) in [7, 11) is 0. The van der Waals surface area contributed by atoms with Crippen LogP contribution in [0.25, 0.3) is 94.2 Å². The number of furan rings is 1. The molecule has 0 spiro atoms. The third-order valence-electron chi connectivity index (χ3n) is 9.72. The standard InChI is InChI=1S/C46H29N3O/c1-4-12-30(13-5-1)33-22-24-41-39(27-33)40-28-34(23-25-42(40)49(41)36-18-8-3-9-19-36)32-16-10-17-35(26-32)43-46-44(48-29-47-43)38-21-11-20-37(45(38)50-46)31-14-6-2-7-15-31/h1-29H. The van der Waals surface area contributed by atoms with Crippen LogP contribution in [0.2, 0.25) is 0 Å². The van der Waals surface area contributed by atoms with E-state index in [1.165, 1.54) is 32.9 Å². The van der Waals surface area contributed by atoms with Gasteiger partial charge in [0, 0.05) is 33.0 Å². The van der Waals surface area contributed by atoms with Gasteiger partial charge in [-0.25, -0.2) is 9.97 Å². The number of hydrogen-bond donors (Lipinski definition) is 0. The molecule has 4 heteroatoms. The molecule has 50 heavy (non-hydrogen) atoms. The lowest BCUT2D eigenvalue weighted by molar-refractivity contribution is 0.668. The third-order valence-corrected chi connectivity index (χ3v) is 9.72. The molecule has 0 atom stereocenters. The number of rotatable bonds is 5. The number of para-hydroxylation sites is 2. The van der Waals surface area contributed by atoms with E-state index in [2.05, 4.69) is 161 Å². The summed E-state index contributed by atoms with van der Waals surface area (Å²) in [5, 5.41) is 3.41. The van der Waals surface area contributed by atoms with Crippen molar-refractivity contribution in [2.45, 2.75) is 0 Å². The smallest absolute Gasteiger partial charge is 0.180 e. The van der Waals surface area contributed by atoms with Gasteiger partial charge in [-0.3, -0.25) is 0 Å². The molecule has 7 aromatic carbocycles. The van der Waals surface area contributed by atoms with E-state index in [0.29, 0.717) is 5.58 Å². The largest absolute Gasteiger partial charge is 0.451 e. The Bertz CT molecular complexity index is 2850. The summed E-state index contributed by atoms with van der Waals surface area (Å²) in [6.07, 6.45) is 1.64. The lowest BCUT2D eigenvalue weighted by atomic mass is 9.98. The van der Waals surface area contributed by atoms with E-state index in [1.807, 2.05) is 18.2 Å². The topological polar surface area (TPSA) is 43.9 Å². The van der Waals surface area contributed by atoms with Gasteiger partial charge in [-0.2, -0.15) is 0 Å². The Balaban J connectivity index is 1.13. The van der Waals surface area contributed by atoms with Crippen LogP contribution in [0.1, 0.15) is 0 Å². The average Bonchev–Trinajstić information content (AvgIpc) is 3.74. The van der Waals surface area contributed by atoms with Crippen LogP contribution in [0.15, 0.2) is 181 Å². The van der Waals surface area contributed by atoms with E-state index in [-0.39, 0.29) is 0 Å². The van der Waals surface area contributed by atoms with Crippen molar-refractivity contribution in [2.24, 2.45) is 0 Å². The van der Waals surface area contributed by atoms with Gasteiger partial charge in [0.15, 0.2) is 5.58 Å². The molecule has 0 aliphatic heterocycles. The first kappa shape index (κ1) is 28.3. The molecule has 0 saturated carbocycles. The highest BCUT2D eigenvalue weighted by Crippen LogP contribution is 2.40. The summed E-state index contributed by atoms with van der Waals surface area (Å²) < 4.78 is 9.00. The van der Waals surface area contributed by atoms with Gasteiger partial charge in [-0.1, -0.05) is 121 Å². The minimum Gasteiger partial charge on any atom is -0.451 e. The van der Waals surface area contributed by atoms with Crippen molar-refractivity contribution in [3.05, 3.63) is 176 Å². The Morgan fingerprint density at radius 3 is 1.70 bits per heavy atom. The van der Waals surface area contributed by atoms with E-state index in [0.717, 1.165) is 55.7 Å². The molecule has 10 rings (SSSR count). The van der Waals surface area contributed by atoms with Gasteiger partial charge >= 0.3 is 0 Å². The SMILES string of the molecule is c1ccc(-c2ccc3c(c2)c2cc(-c4cccc(-c5ncnc6c5oc5c(-c7ccccc7)cccc56)c4)ccc2n3-c2ccccc2)cc1. The first-order valence-electron chi connectivity index (χ1n) is 16.8. The predicted molar refractivity (Wildman–Crippen MR) is 205 cm³/mol. The quantitative estimate of drug-likeness (QED) is 0.188. The van der Waals surface area contributed by atoms with Crippen molar-refractivity contribution < 1.29 is 4.42 Å². The number of benzene rings is 7. The fourth-order valence-corrected chi connectivity index (χ4v) is 7.36. The first-order chi connectivity index (χ1) is 24.8. The van der Waals surface area contributed by atoms with Gasteiger partial charge in [0.2, 0.25) is 0 Å². The Morgan fingerprint density at radius 1 is 0.400 bits per heavy atom. The van der Waals surface area contributed by atoms with Crippen LogP contribution in [-0.2, 0) is 0 Å². The second-order valence-electron chi connectivity index (χ2n) is 12.6. The molecule has 10 aromatic rings. The number of fused-ring (bicyclic) bond motifs is 6. The molecule has 0 aliphatic carbocycles. The maximum absolute atomic E-state index is 6.64. The fourth-order valence-electron chi connectivity index (χ4n) is 7.36. The Morgan fingerprint density at radius 2 is 0.980 bits per heavy atom. The predicted octanol–water partition coefficient (Wildman–Crippen LogP) is 12.1. The van der Waals surface area contributed by atoms with Crippen LogP contribution < -0.4 is 0 Å². The van der Waals surface area contributed by atoms with Crippen LogP contribution in [0, 0.1) is 0 Å². The maximum Gasteiger partial charge on any atom is 0.180 e. The summed E-state index contributed by atoms with van der Waals surface area (Å²) in [6.45, 7) is 0. The van der Waals surface area contributed by atoms with Crippen molar-refractivity contribution in [1.82, 2.24) is 14.5 Å². The van der Waals surface area contributed by atoms with Crippen molar-refractivity contribution in [3.63, 3.8) is 0 Å². The van der Waals surface area contributed by atoms with Gasteiger partial charge in [0.05, 0.1) is 11.0 Å². The fraction of sp³-hybridized carbons (Fsp3) is 0. The highest BCUT2D eigenvalue weighted by molar-refractivity contribution is 6.12. The molecule has 0 fully saturated rings. The number of hydrogen-bond acceptors (Lipinski definition) is 3. The minimum absolute atomic E-state index is 0.692. The maximum atomic E-state index is 6.64. The van der Waals surface area contributed by atoms with Crippen molar-refractivity contribution in [2.75, 3.05) is 0 Å². The van der Waals surface area contributed by atoms with Gasteiger partial charge in [-0.05, 0) is 76.3 Å². The van der Waals surface area contributed by atoms with Gasteiger partial charge in [0.25, 0.3) is 0 Å². The summed E-state index contributed by atoms with van der Waals surface area (Å²) in [6, 6.07) is 59.9. The molecular weight excluding hydrogens is 611 g/mol. The van der Waals surface area contributed by atoms with E-state index >= 15 is 0 Å². The minimum atomic E-state index is 0.692.